The first kappa shape index (κ1) is 11.2. The molecule has 1 rings (SSSR count). The molecule has 0 aliphatic carbocycles. The number of hydrogen-bond donors (Lipinski definition) is 1. The number of anilines is 1. The van der Waals surface area contributed by atoms with Gasteiger partial charge in [-0.2, -0.15) is 0 Å². The van der Waals surface area contributed by atoms with Crippen LogP contribution in [-0.4, -0.2) is 11.1 Å². The molecule has 1 amide bonds. The molecule has 0 heterocycles. The van der Waals surface area contributed by atoms with Crippen LogP contribution in [0.1, 0.15) is 17.3 Å². The highest BCUT2D eigenvalue weighted by Crippen LogP contribution is 2.27. The summed E-state index contributed by atoms with van der Waals surface area (Å²) >= 11 is 8.57. The minimum absolute atomic E-state index is 0.254. The van der Waals surface area contributed by atoms with Crippen molar-refractivity contribution in [1.82, 2.24) is 0 Å². The highest BCUT2D eigenvalue weighted by molar-refractivity contribution is 9.10. The van der Waals surface area contributed by atoms with E-state index in [0.717, 1.165) is 0 Å². The van der Waals surface area contributed by atoms with Gasteiger partial charge in [0.15, 0.2) is 0 Å². The van der Waals surface area contributed by atoms with Crippen LogP contribution in [0.2, 0.25) is 0 Å². The van der Waals surface area contributed by atoms with Crippen LogP contribution >= 0.6 is 27.5 Å². The maximum absolute atomic E-state index is 11.0. The number of amides is 1. The van der Waals surface area contributed by atoms with Gasteiger partial charge < -0.3 is 5.32 Å². The Kier molecular flexibility index (Phi) is 3.66. The number of nitrogens with one attached hydrogen (secondary N) is 1. The highest BCUT2D eigenvalue weighted by Gasteiger charge is 2.12. The predicted molar refractivity (Wildman–Crippen MR) is 58.6 cm³/mol. The summed E-state index contributed by atoms with van der Waals surface area (Å²) in [5.41, 5.74) is 0.677. The third-order valence-corrected chi connectivity index (χ3v) is 2.39. The van der Waals surface area contributed by atoms with Crippen molar-refractivity contribution in [2.45, 2.75) is 6.92 Å². The summed E-state index contributed by atoms with van der Waals surface area (Å²) in [6.07, 6.45) is 0. The summed E-state index contributed by atoms with van der Waals surface area (Å²) in [6.45, 7) is 1.36. The van der Waals surface area contributed by atoms with Crippen LogP contribution in [0.25, 0.3) is 0 Å². The van der Waals surface area contributed by atoms with Gasteiger partial charge in [-0.15, -0.1) is 0 Å². The summed E-state index contributed by atoms with van der Waals surface area (Å²) in [5, 5.41) is 1.93. The Morgan fingerprint density at radius 2 is 2.07 bits per heavy atom. The van der Waals surface area contributed by atoms with E-state index < -0.39 is 5.24 Å². The van der Waals surface area contributed by atoms with E-state index in [1.807, 2.05) is 0 Å². The Morgan fingerprint density at radius 3 is 2.57 bits per heavy atom. The molecule has 0 saturated heterocycles. The zero-order valence-corrected chi connectivity index (χ0v) is 9.65. The summed E-state index contributed by atoms with van der Waals surface area (Å²) < 4.78 is 0.624. The molecule has 0 aliphatic rings. The van der Waals surface area contributed by atoms with E-state index in [0.29, 0.717) is 10.2 Å². The van der Waals surface area contributed by atoms with Crippen molar-refractivity contribution in [2.24, 2.45) is 0 Å². The Balaban J connectivity index is 3.22. The maximum Gasteiger partial charge on any atom is 0.254 e. The van der Waals surface area contributed by atoms with Crippen LogP contribution in [0.4, 0.5) is 5.69 Å². The zero-order valence-electron chi connectivity index (χ0n) is 7.30. The number of rotatable bonds is 2. The van der Waals surface area contributed by atoms with Gasteiger partial charge in [-0.1, -0.05) is 6.07 Å². The zero-order chi connectivity index (χ0) is 10.7. The molecule has 0 bridgehead atoms. The summed E-state index contributed by atoms with van der Waals surface area (Å²) in [6, 6.07) is 4.94. The number of para-hydroxylation sites is 1. The highest BCUT2D eigenvalue weighted by atomic mass is 79.9. The SMILES string of the molecule is CC(=O)Nc1c(Br)cccc1C(=O)Cl. The predicted octanol–water partition coefficient (Wildman–Crippen LogP) is 2.79. The number of hydrogen-bond acceptors (Lipinski definition) is 2. The fraction of sp³-hybridized carbons (Fsp3) is 0.111. The Bertz CT molecular complexity index is 392. The molecule has 0 aromatic heterocycles. The van der Waals surface area contributed by atoms with Crippen molar-refractivity contribution < 1.29 is 9.59 Å². The molecule has 0 fully saturated rings. The second kappa shape index (κ2) is 4.57. The van der Waals surface area contributed by atoms with Crippen molar-refractivity contribution >= 4 is 44.4 Å². The van der Waals surface area contributed by atoms with Crippen molar-refractivity contribution in [3.63, 3.8) is 0 Å². The molecule has 1 aromatic carbocycles. The van der Waals surface area contributed by atoms with Crippen molar-refractivity contribution in [3.8, 4) is 0 Å². The Labute approximate surface area is 94.6 Å². The average molecular weight is 277 g/mol. The van der Waals surface area contributed by atoms with Gasteiger partial charge in [0.25, 0.3) is 5.24 Å². The van der Waals surface area contributed by atoms with Gasteiger partial charge in [-0.3, -0.25) is 9.59 Å². The monoisotopic (exact) mass is 275 g/mol. The standard InChI is InChI=1S/C9H7BrClNO2/c1-5(13)12-8-6(9(11)14)3-2-4-7(8)10/h2-4H,1H3,(H,12,13). The Hall–Kier alpha value is -0.870. The summed E-state index contributed by atoms with van der Waals surface area (Å²) in [4.78, 5) is 21.8. The lowest BCUT2D eigenvalue weighted by atomic mass is 10.2. The van der Waals surface area contributed by atoms with E-state index in [2.05, 4.69) is 21.2 Å². The fourth-order valence-corrected chi connectivity index (χ4v) is 1.61. The molecular weight excluding hydrogens is 269 g/mol. The van der Waals surface area contributed by atoms with Crippen LogP contribution in [0, 0.1) is 0 Å². The van der Waals surface area contributed by atoms with Gasteiger partial charge in [-0.05, 0) is 39.7 Å². The fourth-order valence-electron chi connectivity index (χ4n) is 0.991. The molecule has 74 valence electrons. The molecule has 0 radical (unpaired) electrons. The number of halogens is 2. The topological polar surface area (TPSA) is 46.2 Å². The van der Waals surface area contributed by atoms with Gasteiger partial charge in [0.2, 0.25) is 5.91 Å². The van der Waals surface area contributed by atoms with E-state index >= 15 is 0 Å². The average Bonchev–Trinajstić information content (AvgIpc) is 2.07. The molecule has 1 aromatic rings. The minimum Gasteiger partial charge on any atom is -0.325 e. The first-order valence-corrected chi connectivity index (χ1v) is 4.95. The molecule has 14 heavy (non-hydrogen) atoms. The molecule has 0 atom stereocenters. The smallest absolute Gasteiger partial charge is 0.254 e. The first-order valence-electron chi connectivity index (χ1n) is 3.78. The summed E-state index contributed by atoms with van der Waals surface area (Å²) in [5.74, 6) is -0.254. The van der Waals surface area contributed by atoms with E-state index in [-0.39, 0.29) is 11.5 Å². The normalized spacial score (nSPS) is 9.64. The number of carbonyl (C=O) groups is 2. The van der Waals surface area contributed by atoms with Crippen LogP contribution in [0.5, 0.6) is 0 Å². The van der Waals surface area contributed by atoms with Crippen molar-refractivity contribution in [2.75, 3.05) is 5.32 Å². The van der Waals surface area contributed by atoms with Crippen LogP contribution in [0.15, 0.2) is 22.7 Å². The lowest BCUT2D eigenvalue weighted by molar-refractivity contribution is -0.114. The number of carbonyl (C=O) groups excluding carboxylic acids is 2. The van der Waals surface area contributed by atoms with Crippen molar-refractivity contribution in [3.05, 3.63) is 28.2 Å². The number of benzene rings is 1. The minimum atomic E-state index is -0.602. The molecular formula is C9H7BrClNO2. The van der Waals surface area contributed by atoms with Crippen molar-refractivity contribution in [1.29, 1.82) is 0 Å². The van der Waals surface area contributed by atoms with E-state index in [1.54, 1.807) is 18.2 Å². The first-order chi connectivity index (χ1) is 6.52. The largest absolute Gasteiger partial charge is 0.325 e. The molecule has 0 unspecified atom stereocenters. The van der Waals surface area contributed by atoms with Crippen LogP contribution in [-0.2, 0) is 4.79 Å². The van der Waals surface area contributed by atoms with Crippen LogP contribution in [0.3, 0.4) is 0 Å². The Morgan fingerprint density at radius 1 is 1.43 bits per heavy atom. The molecule has 0 aliphatic heterocycles. The molecule has 0 spiro atoms. The van der Waals surface area contributed by atoms with Gasteiger partial charge in [0.1, 0.15) is 0 Å². The second-order valence-corrected chi connectivity index (χ2v) is 3.81. The van der Waals surface area contributed by atoms with Gasteiger partial charge >= 0.3 is 0 Å². The van der Waals surface area contributed by atoms with E-state index in [4.69, 9.17) is 11.6 Å². The second-order valence-electron chi connectivity index (χ2n) is 2.62. The quantitative estimate of drug-likeness (QED) is 0.844. The van der Waals surface area contributed by atoms with E-state index in [1.165, 1.54) is 6.92 Å². The van der Waals surface area contributed by atoms with Gasteiger partial charge in [0, 0.05) is 11.4 Å². The lowest BCUT2D eigenvalue weighted by Gasteiger charge is -2.08. The maximum atomic E-state index is 11.0. The van der Waals surface area contributed by atoms with Gasteiger partial charge in [-0.25, -0.2) is 0 Å². The molecule has 5 heteroatoms. The molecule has 1 N–H and O–H groups in total. The molecule has 0 saturated carbocycles. The third kappa shape index (κ3) is 2.56. The summed E-state index contributed by atoms with van der Waals surface area (Å²) in [7, 11) is 0. The molecule has 3 nitrogen and oxygen atoms in total. The van der Waals surface area contributed by atoms with E-state index in [9.17, 15) is 9.59 Å². The third-order valence-electron chi connectivity index (χ3n) is 1.53. The lowest BCUT2D eigenvalue weighted by Crippen LogP contribution is -2.09. The van der Waals surface area contributed by atoms with Gasteiger partial charge in [0.05, 0.1) is 11.3 Å². The van der Waals surface area contributed by atoms with Crippen LogP contribution < -0.4 is 5.32 Å².